The van der Waals surface area contributed by atoms with Gasteiger partial charge in [-0.1, -0.05) is 12.1 Å². The summed E-state index contributed by atoms with van der Waals surface area (Å²) >= 11 is 0. The predicted octanol–water partition coefficient (Wildman–Crippen LogP) is 2.82. The molecule has 0 aliphatic heterocycles. The largest absolute Gasteiger partial charge is 0.482 e. The van der Waals surface area contributed by atoms with E-state index in [9.17, 15) is 14.4 Å². The van der Waals surface area contributed by atoms with Gasteiger partial charge in [-0.3, -0.25) is 14.9 Å². The normalized spacial score (nSPS) is 29.8. The van der Waals surface area contributed by atoms with Crippen molar-refractivity contribution < 1.29 is 19.1 Å². The average Bonchev–Trinajstić information content (AvgIpc) is 2.58. The van der Waals surface area contributed by atoms with Crippen molar-refractivity contribution in [3.05, 3.63) is 24.3 Å². The number of carbonyl (C=O) groups is 3. The summed E-state index contributed by atoms with van der Waals surface area (Å²) < 4.78 is 5.49. The topological polar surface area (TPSA) is 96.5 Å². The monoisotopic (exact) mass is 385 g/mol. The van der Waals surface area contributed by atoms with Crippen LogP contribution in [0.4, 0.5) is 10.5 Å². The Hall–Kier alpha value is -2.57. The summed E-state index contributed by atoms with van der Waals surface area (Å²) in [6, 6.07) is 6.42. The molecule has 0 heterocycles. The summed E-state index contributed by atoms with van der Waals surface area (Å²) in [5.74, 6) is 1.80. The standard InChI is InChI=1S/C21H27N3O4/c1-13(25)22-17-4-2-3-5-18(17)28-12-19(26)23-20(27)24-21-9-14-6-15(10-21)8-16(7-14)11-21/h2-5,14-16H,6-12H2,1H3,(H,22,25)(H2,23,24,26,27). The van der Waals surface area contributed by atoms with Crippen LogP contribution < -0.4 is 20.7 Å². The molecule has 1 aromatic rings. The van der Waals surface area contributed by atoms with Crippen LogP contribution in [0.2, 0.25) is 0 Å². The van der Waals surface area contributed by atoms with Gasteiger partial charge < -0.3 is 15.4 Å². The second-order valence-electron chi connectivity index (χ2n) is 8.67. The molecule has 0 atom stereocenters. The van der Waals surface area contributed by atoms with Crippen LogP contribution in [-0.4, -0.2) is 30.0 Å². The van der Waals surface area contributed by atoms with Crippen molar-refractivity contribution in [1.82, 2.24) is 10.6 Å². The molecule has 0 radical (unpaired) electrons. The Morgan fingerprint density at radius 1 is 1.04 bits per heavy atom. The van der Waals surface area contributed by atoms with E-state index < -0.39 is 11.9 Å². The van der Waals surface area contributed by atoms with Gasteiger partial charge >= 0.3 is 6.03 Å². The zero-order valence-corrected chi connectivity index (χ0v) is 16.1. The Kier molecular flexibility index (Phi) is 5.00. The van der Waals surface area contributed by atoms with Crippen LogP contribution in [0, 0.1) is 17.8 Å². The number of imide groups is 1. The van der Waals surface area contributed by atoms with Gasteiger partial charge in [-0.05, 0) is 68.4 Å². The summed E-state index contributed by atoms with van der Waals surface area (Å²) in [6.45, 7) is 1.10. The van der Waals surface area contributed by atoms with Crippen molar-refractivity contribution in [2.24, 2.45) is 17.8 Å². The third kappa shape index (κ3) is 4.13. The van der Waals surface area contributed by atoms with Crippen molar-refractivity contribution in [2.45, 2.75) is 51.0 Å². The lowest BCUT2D eigenvalue weighted by atomic mass is 9.53. The highest BCUT2D eigenvalue weighted by molar-refractivity contribution is 5.95. The minimum Gasteiger partial charge on any atom is -0.482 e. The van der Waals surface area contributed by atoms with E-state index in [1.165, 1.54) is 26.2 Å². The smallest absolute Gasteiger partial charge is 0.321 e. The molecule has 0 saturated heterocycles. The van der Waals surface area contributed by atoms with Gasteiger partial charge in [-0.2, -0.15) is 0 Å². The van der Waals surface area contributed by atoms with Crippen molar-refractivity contribution in [3.8, 4) is 5.75 Å². The van der Waals surface area contributed by atoms with Crippen LogP contribution in [0.3, 0.4) is 0 Å². The summed E-state index contributed by atoms with van der Waals surface area (Å²) in [6.07, 6.45) is 6.97. The number of anilines is 1. The number of benzene rings is 1. The second kappa shape index (κ2) is 7.45. The molecule has 0 aromatic heterocycles. The Morgan fingerprint density at radius 2 is 1.64 bits per heavy atom. The molecular weight excluding hydrogens is 358 g/mol. The molecule has 4 bridgehead atoms. The molecule has 4 aliphatic carbocycles. The van der Waals surface area contributed by atoms with Gasteiger partial charge in [0.2, 0.25) is 5.91 Å². The van der Waals surface area contributed by atoms with Crippen LogP contribution in [0.15, 0.2) is 24.3 Å². The summed E-state index contributed by atoms with van der Waals surface area (Å²) in [5, 5.41) is 8.14. The maximum Gasteiger partial charge on any atom is 0.321 e. The molecule has 28 heavy (non-hydrogen) atoms. The fourth-order valence-electron chi connectivity index (χ4n) is 5.73. The molecule has 1 aromatic carbocycles. The zero-order chi connectivity index (χ0) is 19.7. The third-order valence-electron chi connectivity index (χ3n) is 6.23. The maximum absolute atomic E-state index is 12.4. The van der Waals surface area contributed by atoms with Crippen molar-refractivity contribution in [3.63, 3.8) is 0 Å². The van der Waals surface area contributed by atoms with E-state index in [1.54, 1.807) is 24.3 Å². The van der Waals surface area contributed by atoms with E-state index >= 15 is 0 Å². The predicted molar refractivity (Wildman–Crippen MR) is 104 cm³/mol. The lowest BCUT2D eigenvalue weighted by molar-refractivity contribution is -0.122. The second-order valence-corrected chi connectivity index (χ2v) is 8.67. The number of rotatable bonds is 5. The fraction of sp³-hybridized carbons (Fsp3) is 0.571. The highest BCUT2D eigenvalue weighted by Gasteiger charge is 2.51. The van der Waals surface area contributed by atoms with E-state index in [-0.39, 0.29) is 18.1 Å². The lowest BCUT2D eigenvalue weighted by Gasteiger charge is -2.56. The van der Waals surface area contributed by atoms with Crippen LogP contribution in [-0.2, 0) is 9.59 Å². The molecule has 4 saturated carbocycles. The molecule has 3 N–H and O–H groups in total. The minimum atomic E-state index is -0.514. The minimum absolute atomic E-state index is 0.141. The maximum atomic E-state index is 12.4. The lowest BCUT2D eigenvalue weighted by Crippen LogP contribution is -2.62. The molecule has 4 aliphatic rings. The van der Waals surface area contributed by atoms with Crippen LogP contribution in [0.5, 0.6) is 5.75 Å². The van der Waals surface area contributed by atoms with Crippen LogP contribution in [0.25, 0.3) is 0 Å². The fourth-order valence-corrected chi connectivity index (χ4v) is 5.73. The van der Waals surface area contributed by atoms with Gasteiger partial charge in [0.15, 0.2) is 6.61 Å². The highest BCUT2D eigenvalue weighted by Crippen LogP contribution is 2.55. The quantitative estimate of drug-likeness (QED) is 0.726. The number of ether oxygens (including phenoxy) is 1. The number of para-hydroxylation sites is 2. The van der Waals surface area contributed by atoms with Crippen molar-refractivity contribution in [1.29, 1.82) is 0 Å². The van der Waals surface area contributed by atoms with E-state index in [0.29, 0.717) is 11.4 Å². The average molecular weight is 385 g/mol. The molecule has 7 nitrogen and oxygen atoms in total. The highest BCUT2D eigenvalue weighted by atomic mass is 16.5. The Balaban J connectivity index is 1.29. The molecular formula is C21H27N3O4. The first-order chi connectivity index (χ1) is 13.4. The van der Waals surface area contributed by atoms with Gasteiger partial charge in [-0.25, -0.2) is 4.79 Å². The van der Waals surface area contributed by atoms with Gasteiger partial charge in [-0.15, -0.1) is 0 Å². The first-order valence-electron chi connectivity index (χ1n) is 10.0. The van der Waals surface area contributed by atoms with E-state index in [2.05, 4.69) is 16.0 Å². The molecule has 4 fully saturated rings. The number of nitrogens with one attached hydrogen (secondary N) is 3. The van der Waals surface area contributed by atoms with Crippen LogP contribution >= 0.6 is 0 Å². The van der Waals surface area contributed by atoms with Crippen molar-refractivity contribution >= 4 is 23.5 Å². The number of hydrogen-bond acceptors (Lipinski definition) is 4. The van der Waals surface area contributed by atoms with Gasteiger partial charge in [0.05, 0.1) is 5.69 Å². The Morgan fingerprint density at radius 3 is 2.25 bits per heavy atom. The van der Waals surface area contributed by atoms with E-state index in [0.717, 1.165) is 37.0 Å². The summed E-state index contributed by atoms with van der Waals surface area (Å²) in [4.78, 5) is 35.8. The molecule has 4 amide bonds. The molecule has 0 spiro atoms. The number of amides is 4. The number of hydrogen-bond donors (Lipinski definition) is 3. The van der Waals surface area contributed by atoms with Crippen molar-refractivity contribution in [2.75, 3.05) is 11.9 Å². The molecule has 0 unspecified atom stereocenters. The van der Waals surface area contributed by atoms with E-state index in [4.69, 9.17) is 4.74 Å². The summed E-state index contributed by atoms with van der Waals surface area (Å²) in [5.41, 5.74) is 0.346. The first-order valence-corrected chi connectivity index (χ1v) is 10.0. The molecule has 5 rings (SSSR count). The summed E-state index contributed by atoms with van der Waals surface area (Å²) in [7, 11) is 0. The Labute approximate surface area is 164 Å². The van der Waals surface area contributed by atoms with E-state index in [1.807, 2.05) is 0 Å². The Bertz CT molecular complexity index is 756. The molecule has 7 heteroatoms. The zero-order valence-electron chi connectivity index (χ0n) is 16.1. The number of urea groups is 1. The van der Waals surface area contributed by atoms with Gasteiger partial charge in [0, 0.05) is 12.5 Å². The molecule has 150 valence electrons. The van der Waals surface area contributed by atoms with Gasteiger partial charge in [0.1, 0.15) is 5.75 Å². The van der Waals surface area contributed by atoms with Gasteiger partial charge in [0.25, 0.3) is 5.91 Å². The third-order valence-corrected chi connectivity index (χ3v) is 6.23. The van der Waals surface area contributed by atoms with Crippen LogP contribution in [0.1, 0.15) is 45.4 Å². The first kappa shape index (κ1) is 18.8. The number of carbonyl (C=O) groups excluding carboxylic acids is 3. The SMILES string of the molecule is CC(=O)Nc1ccccc1OCC(=O)NC(=O)NC12CC3CC(CC(C3)C1)C2.